The van der Waals surface area contributed by atoms with E-state index in [0.717, 1.165) is 12.2 Å². The van der Waals surface area contributed by atoms with E-state index in [4.69, 9.17) is 4.43 Å². The summed E-state index contributed by atoms with van der Waals surface area (Å²) in [6.45, 7) is 15.9. The van der Waals surface area contributed by atoms with Crippen molar-refractivity contribution >= 4 is 14.6 Å². The van der Waals surface area contributed by atoms with Crippen LogP contribution >= 0.6 is 0 Å². The largest absolute Gasteiger partial charge is 0.413 e. The summed E-state index contributed by atoms with van der Waals surface area (Å²) in [6, 6.07) is 0. The van der Waals surface area contributed by atoms with E-state index in [1.54, 1.807) is 0 Å². The smallest absolute Gasteiger partial charge is 0.192 e. The molecular formula is C21H40O2Si. The molecule has 3 atom stereocenters. The molecule has 0 aromatic rings. The van der Waals surface area contributed by atoms with E-state index in [1.165, 1.54) is 32.1 Å². The van der Waals surface area contributed by atoms with Gasteiger partial charge in [0, 0.05) is 6.42 Å². The summed E-state index contributed by atoms with van der Waals surface area (Å²) in [5.41, 5.74) is 0. The van der Waals surface area contributed by atoms with Gasteiger partial charge in [-0.3, -0.25) is 0 Å². The lowest BCUT2D eigenvalue weighted by Crippen LogP contribution is -2.47. The Labute approximate surface area is 151 Å². The molecule has 0 radical (unpaired) electrons. The molecule has 0 aliphatic heterocycles. The first kappa shape index (κ1) is 21.6. The Hall–Kier alpha value is -0.413. The van der Waals surface area contributed by atoms with Crippen molar-refractivity contribution < 1.29 is 9.22 Å². The summed E-state index contributed by atoms with van der Waals surface area (Å²) in [5, 5.41) is 0.193. The first-order valence-electron chi connectivity index (χ1n) is 9.88. The number of rotatable bonds is 8. The van der Waals surface area contributed by atoms with Gasteiger partial charge in [0.2, 0.25) is 0 Å². The SMILES string of the molecule is C[C@@H](/C=C/C1CCCCC1)[C@@H](O[Si](C)(C)C(C)(C)C)[C@@H](C)CC=O. The molecule has 0 bridgehead atoms. The van der Waals surface area contributed by atoms with Crippen LogP contribution in [0.5, 0.6) is 0 Å². The minimum absolute atomic E-state index is 0.135. The number of carbonyl (C=O) groups is 1. The maximum atomic E-state index is 11.0. The lowest BCUT2D eigenvalue weighted by atomic mass is 9.86. The molecule has 24 heavy (non-hydrogen) atoms. The normalized spacial score (nSPS) is 21.6. The van der Waals surface area contributed by atoms with Gasteiger partial charge in [0.25, 0.3) is 0 Å². The molecular weight excluding hydrogens is 312 g/mol. The predicted molar refractivity (Wildman–Crippen MR) is 107 cm³/mol. The lowest BCUT2D eigenvalue weighted by Gasteiger charge is -2.42. The van der Waals surface area contributed by atoms with Gasteiger partial charge < -0.3 is 9.22 Å². The van der Waals surface area contributed by atoms with Crippen LogP contribution in [0.1, 0.15) is 73.1 Å². The van der Waals surface area contributed by atoms with E-state index in [-0.39, 0.29) is 17.1 Å². The summed E-state index contributed by atoms with van der Waals surface area (Å²) < 4.78 is 6.75. The Morgan fingerprint density at radius 2 is 1.71 bits per heavy atom. The van der Waals surface area contributed by atoms with E-state index in [2.05, 4.69) is 59.9 Å². The molecule has 1 saturated carbocycles. The zero-order chi connectivity index (χ0) is 18.4. The van der Waals surface area contributed by atoms with Crippen LogP contribution in [0.3, 0.4) is 0 Å². The second-order valence-corrected chi connectivity index (χ2v) is 14.1. The Kier molecular flexibility index (Phi) is 8.41. The fourth-order valence-corrected chi connectivity index (χ4v) is 4.79. The van der Waals surface area contributed by atoms with Crippen LogP contribution in [0.15, 0.2) is 12.2 Å². The van der Waals surface area contributed by atoms with Crippen LogP contribution in [-0.2, 0) is 9.22 Å². The van der Waals surface area contributed by atoms with Crippen molar-refractivity contribution in [3.05, 3.63) is 12.2 Å². The van der Waals surface area contributed by atoms with Crippen molar-refractivity contribution in [2.24, 2.45) is 17.8 Å². The summed E-state index contributed by atoms with van der Waals surface area (Å²) in [4.78, 5) is 11.0. The van der Waals surface area contributed by atoms with Gasteiger partial charge in [-0.15, -0.1) is 0 Å². The highest BCUT2D eigenvalue weighted by Crippen LogP contribution is 2.39. The summed E-state index contributed by atoms with van der Waals surface area (Å²) >= 11 is 0. The third-order valence-electron chi connectivity index (χ3n) is 6.12. The molecule has 0 aromatic heterocycles. The zero-order valence-corrected chi connectivity index (χ0v) is 18.1. The van der Waals surface area contributed by atoms with E-state index in [1.807, 2.05) is 0 Å². The Morgan fingerprint density at radius 3 is 2.21 bits per heavy atom. The van der Waals surface area contributed by atoms with Crippen LogP contribution in [0.25, 0.3) is 0 Å². The van der Waals surface area contributed by atoms with Crippen LogP contribution < -0.4 is 0 Å². The van der Waals surface area contributed by atoms with Gasteiger partial charge >= 0.3 is 0 Å². The van der Waals surface area contributed by atoms with E-state index in [0.29, 0.717) is 12.3 Å². The predicted octanol–water partition coefficient (Wildman–Crippen LogP) is 6.37. The van der Waals surface area contributed by atoms with Crippen molar-refractivity contribution in [3.63, 3.8) is 0 Å². The zero-order valence-electron chi connectivity index (χ0n) is 17.1. The molecule has 0 aromatic carbocycles. The van der Waals surface area contributed by atoms with Crippen molar-refractivity contribution in [1.82, 2.24) is 0 Å². The summed E-state index contributed by atoms with van der Waals surface area (Å²) in [6.07, 6.45) is 13.4. The molecule has 0 heterocycles. The Balaban J connectivity index is 2.83. The number of hydrogen-bond donors (Lipinski definition) is 0. The standard InChI is InChI=1S/C21H40O2Si/c1-17(13-14-19-11-9-8-10-12-19)20(18(2)15-16-22)23-24(6,7)21(3,4)5/h13-14,16-20H,8-12,15H2,1-7H3/b14-13+/t17-,18-,20+/m0/s1. The lowest BCUT2D eigenvalue weighted by molar-refractivity contribution is -0.109. The fraction of sp³-hybridized carbons (Fsp3) is 0.857. The number of aldehydes is 1. The summed E-state index contributed by atoms with van der Waals surface area (Å²) in [5.74, 6) is 1.37. The molecule has 1 aliphatic rings. The molecule has 1 fully saturated rings. The number of allylic oxidation sites excluding steroid dienone is 1. The first-order valence-corrected chi connectivity index (χ1v) is 12.8. The fourth-order valence-electron chi connectivity index (χ4n) is 3.31. The minimum Gasteiger partial charge on any atom is -0.413 e. The molecule has 1 rings (SSSR count). The molecule has 0 unspecified atom stereocenters. The highest BCUT2D eigenvalue weighted by molar-refractivity contribution is 6.74. The van der Waals surface area contributed by atoms with E-state index < -0.39 is 8.32 Å². The highest BCUT2D eigenvalue weighted by atomic mass is 28.4. The van der Waals surface area contributed by atoms with Crippen molar-refractivity contribution in [2.45, 2.75) is 97.4 Å². The second kappa shape index (κ2) is 9.33. The molecule has 1 aliphatic carbocycles. The van der Waals surface area contributed by atoms with Gasteiger partial charge in [-0.2, -0.15) is 0 Å². The third kappa shape index (κ3) is 6.48. The first-order chi connectivity index (χ1) is 11.1. The monoisotopic (exact) mass is 352 g/mol. The van der Waals surface area contributed by atoms with Gasteiger partial charge in [-0.1, -0.05) is 66.0 Å². The third-order valence-corrected chi connectivity index (χ3v) is 10.6. The molecule has 0 N–H and O–H groups in total. The average Bonchev–Trinajstić information content (AvgIpc) is 2.50. The van der Waals surface area contributed by atoms with Crippen molar-refractivity contribution in [2.75, 3.05) is 0 Å². The van der Waals surface area contributed by atoms with Crippen LogP contribution in [-0.4, -0.2) is 20.7 Å². The summed E-state index contributed by atoms with van der Waals surface area (Å²) in [7, 11) is -1.84. The average molecular weight is 353 g/mol. The van der Waals surface area contributed by atoms with Crippen LogP contribution in [0.4, 0.5) is 0 Å². The maximum Gasteiger partial charge on any atom is 0.192 e. The minimum atomic E-state index is -1.84. The van der Waals surface area contributed by atoms with Crippen LogP contribution in [0.2, 0.25) is 18.1 Å². The Morgan fingerprint density at radius 1 is 1.12 bits per heavy atom. The number of carbonyl (C=O) groups excluding carboxylic acids is 1. The van der Waals surface area contributed by atoms with Gasteiger partial charge in [0.1, 0.15) is 6.29 Å². The quantitative estimate of drug-likeness (QED) is 0.288. The molecule has 0 saturated heterocycles. The topological polar surface area (TPSA) is 26.3 Å². The molecule has 140 valence electrons. The maximum absolute atomic E-state index is 11.0. The van der Waals surface area contributed by atoms with Crippen molar-refractivity contribution in [3.8, 4) is 0 Å². The van der Waals surface area contributed by atoms with Gasteiger partial charge in [-0.05, 0) is 48.7 Å². The molecule has 0 spiro atoms. The van der Waals surface area contributed by atoms with Gasteiger partial charge in [0.15, 0.2) is 8.32 Å². The molecule has 0 amide bonds. The number of hydrogen-bond acceptors (Lipinski definition) is 2. The molecule has 2 nitrogen and oxygen atoms in total. The van der Waals surface area contributed by atoms with E-state index in [9.17, 15) is 4.79 Å². The highest BCUT2D eigenvalue weighted by Gasteiger charge is 2.41. The van der Waals surface area contributed by atoms with Gasteiger partial charge in [-0.25, -0.2) is 0 Å². The molecule has 3 heteroatoms. The van der Waals surface area contributed by atoms with Gasteiger partial charge in [0.05, 0.1) is 6.10 Å². The van der Waals surface area contributed by atoms with E-state index >= 15 is 0 Å². The van der Waals surface area contributed by atoms with Crippen molar-refractivity contribution in [1.29, 1.82) is 0 Å². The second-order valence-electron chi connectivity index (χ2n) is 9.36. The van der Waals surface area contributed by atoms with Crippen LogP contribution in [0, 0.1) is 17.8 Å². The Bertz CT molecular complexity index is 403.